The van der Waals surface area contributed by atoms with Gasteiger partial charge in [-0.15, -0.1) is 0 Å². The second-order valence-corrected chi connectivity index (χ2v) is 8.97. The van der Waals surface area contributed by atoms with E-state index in [4.69, 9.17) is 18.3 Å². The van der Waals surface area contributed by atoms with Gasteiger partial charge in [-0.05, 0) is 36.8 Å². The molecule has 1 aliphatic heterocycles. The third-order valence-corrected chi connectivity index (χ3v) is 6.70. The maximum absolute atomic E-state index is 13.5. The smallest absolute Gasteiger partial charge is 0.312 e. The summed E-state index contributed by atoms with van der Waals surface area (Å²) in [4.78, 5) is 39.5. The van der Waals surface area contributed by atoms with E-state index in [-0.39, 0.29) is 39.7 Å². The first-order chi connectivity index (χ1) is 17.9. The number of phenolic OH excluding ortho intramolecular Hbond substituents is 1. The minimum Gasteiger partial charge on any atom is -0.507 e. The first-order valence-electron chi connectivity index (χ1n) is 11.5. The molecule has 6 rings (SSSR count). The molecule has 0 aliphatic carbocycles. The van der Waals surface area contributed by atoms with E-state index in [1.165, 1.54) is 18.6 Å². The van der Waals surface area contributed by atoms with Crippen molar-refractivity contribution in [2.45, 2.75) is 19.3 Å². The Morgan fingerprint density at radius 3 is 2.49 bits per heavy atom. The molecule has 0 bridgehead atoms. The largest absolute Gasteiger partial charge is 0.507 e. The maximum Gasteiger partial charge on any atom is 0.312 e. The Morgan fingerprint density at radius 1 is 0.946 bits per heavy atom. The van der Waals surface area contributed by atoms with E-state index in [9.17, 15) is 19.5 Å². The van der Waals surface area contributed by atoms with Crippen LogP contribution < -0.4 is 20.3 Å². The zero-order valence-electron chi connectivity index (χ0n) is 19.9. The molecule has 184 valence electrons. The van der Waals surface area contributed by atoms with Gasteiger partial charge in [-0.1, -0.05) is 23.8 Å². The monoisotopic (exact) mass is 496 g/mol. The van der Waals surface area contributed by atoms with Crippen molar-refractivity contribution in [1.29, 1.82) is 0 Å². The molecule has 1 unspecified atom stereocenters. The quantitative estimate of drug-likeness (QED) is 0.273. The van der Waals surface area contributed by atoms with E-state index in [0.717, 1.165) is 5.56 Å². The molecule has 0 saturated heterocycles. The first-order valence-corrected chi connectivity index (χ1v) is 11.5. The molecule has 1 N–H and O–H groups in total. The van der Waals surface area contributed by atoms with Gasteiger partial charge in [0, 0.05) is 23.1 Å². The predicted octanol–water partition coefficient (Wildman–Crippen LogP) is 5.03. The number of aryl methyl sites for hydroxylation is 1. The van der Waals surface area contributed by atoms with Crippen LogP contribution in [0.2, 0.25) is 0 Å². The Bertz CT molecular complexity index is 1840. The van der Waals surface area contributed by atoms with E-state index in [2.05, 4.69) is 0 Å². The number of methoxy groups -OCH3 is 1. The highest BCUT2D eigenvalue weighted by molar-refractivity contribution is 5.94. The Morgan fingerprint density at radius 2 is 1.73 bits per heavy atom. The van der Waals surface area contributed by atoms with Crippen LogP contribution in [0.5, 0.6) is 17.2 Å². The first kappa shape index (κ1) is 22.6. The van der Waals surface area contributed by atoms with Crippen molar-refractivity contribution in [3.05, 3.63) is 98.2 Å². The van der Waals surface area contributed by atoms with Gasteiger partial charge in [0.15, 0.2) is 5.43 Å². The van der Waals surface area contributed by atoms with Gasteiger partial charge in [0.25, 0.3) is 0 Å². The highest BCUT2D eigenvalue weighted by Crippen LogP contribution is 2.45. The van der Waals surface area contributed by atoms with Crippen molar-refractivity contribution in [1.82, 2.24) is 0 Å². The number of hydrogen-bond donors (Lipinski definition) is 1. The number of rotatable bonds is 3. The van der Waals surface area contributed by atoms with Gasteiger partial charge >= 0.3 is 5.97 Å². The molecule has 8 heteroatoms. The zero-order valence-corrected chi connectivity index (χ0v) is 19.9. The molecule has 5 aromatic rings. The molecule has 0 saturated carbocycles. The summed E-state index contributed by atoms with van der Waals surface area (Å²) in [7, 11) is 1.54. The number of hydrogen-bond acceptors (Lipinski definition) is 8. The Labute approximate surface area is 209 Å². The molecule has 3 aromatic carbocycles. The van der Waals surface area contributed by atoms with Crippen LogP contribution >= 0.6 is 0 Å². The SMILES string of the molecule is COc1ccc(-c2coc3c4c(cc(O)c3c2=O)OC(=O)CC4c2coc3ccc(C)cc3c2=O)cc1. The normalized spacial score (nSPS) is 15.0. The van der Waals surface area contributed by atoms with E-state index < -0.39 is 23.1 Å². The van der Waals surface area contributed by atoms with E-state index >= 15 is 0 Å². The van der Waals surface area contributed by atoms with E-state index in [1.807, 2.05) is 13.0 Å². The van der Waals surface area contributed by atoms with Crippen molar-refractivity contribution in [3.63, 3.8) is 0 Å². The number of esters is 1. The van der Waals surface area contributed by atoms with Gasteiger partial charge in [0.05, 0.1) is 30.7 Å². The second-order valence-electron chi connectivity index (χ2n) is 8.97. The molecule has 1 aliphatic rings. The summed E-state index contributed by atoms with van der Waals surface area (Å²) in [5.74, 6) is -1.14. The molecule has 0 radical (unpaired) electrons. The summed E-state index contributed by atoms with van der Waals surface area (Å²) < 4.78 is 22.2. The number of phenols is 1. The third kappa shape index (κ3) is 3.57. The minimum absolute atomic E-state index is 0.0235. The van der Waals surface area contributed by atoms with Crippen LogP contribution in [0.25, 0.3) is 33.1 Å². The number of benzene rings is 3. The Kier molecular flexibility index (Phi) is 5.12. The van der Waals surface area contributed by atoms with Gasteiger partial charge in [-0.25, -0.2) is 0 Å². The standard InChI is InChI=1S/C29H20O8/c1-14-3-8-22-18(9-14)27(32)20(13-35-22)17-10-24(31)37-23-11-21(30)26-28(33)19(12-36-29(26)25(17)23)15-4-6-16(34-2)7-5-15/h3-9,11-13,17,30H,10H2,1-2H3. The van der Waals surface area contributed by atoms with Gasteiger partial charge < -0.3 is 23.4 Å². The van der Waals surface area contributed by atoms with Crippen molar-refractivity contribution < 1.29 is 28.2 Å². The summed E-state index contributed by atoms with van der Waals surface area (Å²) in [6.45, 7) is 1.87. The van der Waals surface area contributed by atoms with Crippen LogP contribution in [0.3, 0.4) is 0 Å². The Hall–Kier alpha value is -4.85. The van der Waals surface area contributed by atoms with Gasteiger partial charge in [0.1, 0.15) is 40.1 Å². The number of carbonyl (C=O) groups excluding carboxylic acids is 1. The predicted molar refractivity (Wildman–Crippen MR) is 135 cm³/mol. The lowest BCUT2D eigenvalue weighted by molar-refractivity contribution is -0.135. The van der Waals surface area contributed by atoms with Gasteiger partial charge in [-0.2, -0.15) is 0 Å². The topological polar surface area (TPSA) is 116 Å². The molecular formula is C29H20O8. The highest BCUT2D eigenvalue weighted by atomic mass is 16.5. The molecule has 1 atom stereocenters. The lowest BCUT2D eigenvalue weighted by Gasteiger charge is -2.25. The summed E-state index contributed by atoms with van der Waals surface area (Å²) >= 11 is 0. The molecule has 2 aromatic heterocycles. The lowest BCUT2D eigenvalue weighted by Crippen LogP contribution is -2.25. The molecule has 8 nitrogen and oxygen atoms in total. The fraction of sp³-hybridized carbons (Fsp3) is 0.138. The van der Waals surface area contributed by atoms with E-state index in [1.54, 1.807) is 43.5 Å². The summed E-state index contributed by atoms with van der Waals surface area (Å²) in [5.41, 5.74) is 1.93. The lowest BCUT2D eigenvalue weighted by atomic mass is 9.85. The van der Waals surface area contributed by atoms with Crippen LogP contribution in [0.1, 0.15) is 29.0 Å². The second kappa shape index (κ2) is 8.37. The van der Waals surface area contributed by atoms with Crippen LogP contribution in [-0.2, 0) is 4.79 Å². The van der Waals surface area contributed by atoms with Crippen LogP contribution in [-0.4, -0.2) is 18.2 Å². The number of fused-ring (bicyclic) bond motifs is 4. The summed E-state index contributed by atoms with van der Waals surface area (Å²) in [6, 6.07) is 13.3. The fourth-order valence-corrected chi connectivity index (χ4v) is 4.87. The Balaban J connectivity index is 1.60. The number of carbonyl (C=O) groups is 1. The van der Waals surface area contributed by atoms with Crippen LogP contribution in [0.4, 0.5) is 0 Å². The molecule has 0 spiro atoms. The maximum atomic E-state index is 13.5. The number of ether oxygens (including phenoxy) is 2. The summed E-state index contributed by atoms with van der Waals surface area (Å²) in [5, 5.41) is 11.1. The third-order valence-electron chi connectivity index (χ3n) is 6.70. The molecule has 37 heavy (non-hydrogen) atoms. The molecule has 3 heterocycles. The van der Waals surface area contributed by atoms with E-state index in [0.29, 0.717) is 27.8 Å². The average molecular weight is 496 g/mol. The van der Waals surface area contributed by atoms with Gasteiger partial charge in [0.2, 0.25) is 5.43 Å². The van der Waals surface area contributed by atoms with Crippen molar-refractivity contribution in [3.8, 4) is 28.4 Å². The van der Waals surface area contributed by atoms with Crippen molar-refractivity contribution >= 4 is 27.9 Å². The molecule has 0 fully saturated rings. The fourth-order valence-electron chi connectivity index (χ4n) is 4.87. The van der Waals surface area contributed by atoms with Crippen LogP contribution in [0.15, 0.2) is 79.5 Å². The summed E-state index contributed by atoms with van der Waals surface area (Å²) in [6.07, 6.45) is 2.46. The minimum atomic E-state index is -0.810. The van der Waals surface area contributed by atoms with Gasteiger partial charge in [-0.3, -0.25) is 14.4 Å². The van der Waals surface area contributed by atoms with Crippen molar-refractivity contribution in [2.24, 2.45) is 0 Å². The molecule has 0 amide bonds. The van der Waals surface area contributed by atoms with Crippen molar-refractivity contribution in [2.75, 3.05) is 7.11 Å². The average Bonchev–Trinajstić information content (AvgIpc) is 2.89. The number of aromatic hydroxyl groups is 1. The van der Waals surface area contributed by atoms with Crippen LogP contribution in [0, 0.1) is 6.92 Å². The molecular weight excluding hydrogens is 476 g/mol. The zero-order chi connectivity index (χ0) is 25.8. The highest BCUT2D eigenvalue weighted by Gasteiger charge is 2.35.